The topological polar surface area (TPSA) is 92.5 Å². The lowest BCUT2D eigenvalue weighted by atomic mass is 10.6. The molecule has 0 saturated heterocycles. The number of terminal acetylenes is 1. The van der Waals surface area contributed by atoms with Gasteiger partial charge in [0.2, 0.25) is 0 Å². The van der Waals surface area contributed by atoms with E-state index in [1.807, 2.05) is 0 Å². The van der Waals surface area contributed by atoms with Crippen LogP contribution >= 0.6 is 0 Å². The Balaban J connectivity index is 3.09. The number of hydrogen-bond donors (Lipinski definition) is 1. The highest BCUT2D eigenvalue weighted by Gasteiger charge is 2.27. The molecule has 1 aromatic rings. The molecule has 0 radical (unpaired) electrons. The smallest absolute Gasteiger partial charge is 0.318 e. The molecule has 1 heterocycles. The Morgan fingerprint density at radius 3 is 2.76 bits per heavy atom. The summed E-state index contributed by atoms with van der Waals surface area (Å²) in [6.07, 6.45) is 7.60. The zero-order valence-corrected chi connectivity index (χ0v) is 9.88. The Bertz CT molecular complexity index is 555. The van der Waals surface area contributed by atoms with Crippen LogP contribution in [0.15, 0.2) is 17.6 Å². The first-order chi connectivity index (χ1) is 7.87. The number of hydrogen-bond acceptors (Lipinski definition) is 4. The number of nitrogens with zero attached hydrogens (tertiary/aromatic N) is 3. The van der Waals surface area contributed by atoms with Crippen LogP contribution in [-0.4, -0.2) is 46.4 Å². The molecule has 0 saturated carbocycles. The monoisotopic (exact) mass is 257 g/mol. The predicted molar refractivity (Wildman–Crippen MR) is 58.4 cm³/mol. The van der Waals surface area contributed by atoms with Gasteiger partial charge in [0.05, 0.1) is 12.9 Å². The summed E-state index contributed by atoms with van der Waals surface area (Å²) in [6, 6.07) is 0. The standard InChI is InChI=1S/C9H11N3O4S/c1-3-4-12(6-9(13)14)17(15,16)8-5-11(2)7-10-8/h1,5,7H,4,6H2,2H3,(H,13,14). The molecule has 0 bridgehead atoms. The molecule has 0 spiro atoms. The molecule has 1 N–H and O–H groups in total. The van der Waals surface area contributed by atoms with Gasteiger partial charge in [0, 0.05) is 13.2 Å². The lowest BCUT2D eigenvalue weighted by Crippen LogP contribution is -2.36. The van der Waals surface area contributed by atoms with Gasteiger partial charge in [-0.3, -0.25) is 4.79 Å². The normalized spacial score (nSPS) is 11.4. The van der Waals surface area contributed by atoms with E-state index in [0.717, 1.165) is 0 Å². The number of carbonyl (C=O) groups is 1. The molecule has 1 aromatic heterocycles. The average Bonchev–Trinajstić information content (AvgIpc) is 2.64. The molecule has 0 amide bonds. The number of sulfonamides is 1. The molecule has 0 aliphatic carbocycles. The number of aromatic nitrogens is 2. The second-order valence-corrected chi connectivity index (χ2v) is 5.13. The van der Waals surface area contributed by atoms with E-state index in [4.69, 9.17) is 11.5 Å². The molecule has 0 aromatic carbocycles. The molecule has 0 fully saturated rings. The third kappa shape index (κ3) is 3.05. The minimum absolute atomic E-state index is 0.225. The van der Waals surface area contributed by atoms with Crippen LogP contribution in [0.4, 0.5) is 0 Å². The predicted octanol–water partition coefficient (Wildman–Crippen LogP) is -0.871. The first-order valence-electron chi connectivity index (χ1n) is 4.51. The Kier molecular flexibility index (Phi) is 3.88. The highest BCUT2D eigenvalue weighted by atomic mass is 32.2. The molecule has 0 aliphatic rings. The van der Waals surface area contributed by atoms with Crippen LogP contribution in [0, 0.1) is 12.3 Å². The maximum absolute atomic E-state index is 12.0. The zero-order valence-electron chi connectivity index (χ0n) is 9.07. The van der Waals surface area contributed by atoms with Crippen molar-refractivity contribution in [3.63, 3.8) is 0 Å². The summed E-state index contributed by atoms with van der Waals surface area (Å²) in [5.74, 6) is 0.827. The number of rotatable bonds is 5. The third-order valence-corrected chi connectivity index (χ3v) is 3.54. The summed E-state index contributed by atoms with van der Waals surface area (Å²) < 4.78 is 26.0. The van der Waals surface area contributed by atoms with Crippen LogP contribution in [0.1, 0.15) is 0 Å². The molecule has 1 rings (SSSR count). The second kappa shape index (κ2) is 4.99. The van der Waals surface area contributed by atoms with E-state index in [1.165, 1.54) is 17.1 Å². The minimum atomic E-state index is -3.96. The lowest BCUT2D eigenvalue weighted by molar-refractivity contribution is -0.137. The summed E-state index contributed by atoms with van der Waals surface area (Å²) in [5, 5.41) is 8.40. The van der Waals surface area contributed by atoms with Gasteiger partial charge in [-0.15, -0.1) is 6.42 Å². The number of aryl methyl sites for hydroxylation is 1. The number of imidazole rings is 1. The molecular formula is C9H11N3O4S. The van der Waals surface area contributed by atoms with Crippen molar-refractivity contribution in [2.75, 3.05) is 13.1 Å². The van der Waals surface area contributed by atoms with E-state index < -0.39 is 22.5 Å². The fraction of sp³-hybridized carbons (Fsp3) is 0.333. The molecule has 0 atom stereocenters. The number of aliphatic carboxylic acids is 1. The van der Waals surface area contributed by atoms with Crippen LogP contribution in [0.3, 0.4) is 0 Å². The van der Waals surface area contributed by atoms with E-state index in [9.17, 15) is 13.2 Å². The highest BCUT2D eigenvalue weighted by Crippen LogP contribution is 2.12. The van der Waals surface area contributed by atoms with Crippen LogP contribution in [0.2, 0.25) is 0 Å². The van der Waals surface area contributed by atoms with Crippen molar-refractivity contribution >= 4 is 16.0 Å². The molecule has 0 aliphatic heterocycles. The summed E-state index contributed by atoms with van der Waals surface area (Å²) in [5.41, 5.74) is 0. The average molecular weight is 257 g/mol. The Morgan fingerprint density at radius 1 is 1.71 bits per heavy atom. The Morgan fingerprint density at radius 2 is 2.35 bits per heavy atom. The van der Waals surface area contributed by atoms with Crippen molar-refractivity contribution in [2.24, 2.45) is 7.05 Å². The SMILES string of the molecule is C#CCN(CC(=O)O)S(=O)(=O)c1cn(C)cn1. The van der Waals surface area contributed by atoms with Gasteiger partial charge in [-0.1, -0.05) is 5.92 Å². The van der Waals surface area contributed by atoms with Crippen LogP contribution < -0.4 is 0 Å². The Labute approximate surface area is 98.7 Å². The van der Waals surface area contributed by atoms with Gasteiger partial charge < -0.3 is 9.67 Å². The van der Waals surface area contributed by atoms with E-state index in [1.54, 1.807) is 7.05 Å². The van der Waals surface area contributed by atoms with Gasteiger partial charge in [0.15, 0.2) is 5.03 Å². The van der Waals surface area contributed by atoms with Gasteiger partial charge >= 0.3 is 5.97 Å². The molecule has 92 valence electrons. The molecule has 8 heteroatoms. The zero-order chi connectivity index (χ0) is 13.1. The quantitative estimate of drug-likeness (QED) is 0.692. The fourth-order valence-electron chi connectivity index (χ4n) is 1.13. The fourth-order valence-corrected chi connectivity index (χ4v) is 2.40. The van der Waals surface area contributed by atoms with E-state index in [2.05, 4.69) is 10.9 Å². The number of carboxylic acids is 1. The van der Waals surface area contributed by atoms with Crippen LogP contribution in [0.25, 0.3) is 0 Å². The molecule has 17 heavy (non-hydrogen) atoms. The summed E-state index contributed by atoms with van der Waals surface area (Å²) >= 11 is 0. The third-order valence-electron chi connectivity index (χ3n) is 1.86. The van der Waals surface area contributed by atoms with Crippen molar-refractivity contribution < 1.29 is 18.3 Å². The van der Waals surface area contributed by atoms with Gasteiger partial charge in [-0.2, -0.15) is 4.31 Å². The lowest BCUT2D eigenvalue weighted by Gasteiger charge is -2.15. The summed E-state index contributed by atoms with van der Waals surface area (Å²) in [7, 11) is -2.35. The van der Waals surface area contributed by atoms with Crippen molar-refractivity contribution in [3.8, 4) is 12.3 Å². The van der Waals surface area contributed by atoms with Gasteiger partial charge in [-0.05, 0) is 0 Å². The van der Waals surface area contributed by atoms with Crippen LogP contribution in [-0.2, 0) is 21.9 Å². The van der Waals surface area contributed by atoms with Gasteiger partial charge in [0.1, 0.15) is 6.54 Å². The van der Waals surface area contributed by atoms with Gasteiger partial charge in [0.25, 0.3) is 10.0 Å². The number of carboxylic acid groups (broad SMARTS) is 1. The summed E-state index contributed by atoms with van der Waals surface area (Å²) in [6.45, 7) is -1.01. The van der Waals surface area contributed by atoms with E-state index in [-0.39, 0.29) is 11.6 Å². The second-order valence-electron chi connectivity index (χ2n) is 3.25. The maximum Gasteiger partial charge on any atom is 0.318 e. The van der Waals surface area contributed by atoms with Crippen molar-refractivity contribution in [3.05, 3.63) is 12.5 Å². The molecule has 7 nitrogen and oxygen atoms in total. The minimum Gasteiger partial charge on any atom is -0.480 e. The first kappa shape index (κ1) is 13.2. The van der Waals surface area contributed by atoms with Crippen molar-refractivity contribution in [1.82, 2.24) is 13.9 Å². The van der Waals surface area contributed by atoms with E-state index >= 15 is 0 Å². The first-order valence-corrected chi connectivity index (χ1v) is 5.95. The molecular weight excluding hydrogens is 246 g/mol. The molecule has 0 unspecified atom stereocenters. The summed E-state index contributed by atoms with van der Waals surface area (Å²) in [4.78, 5) is 14.2. The van der Waals surface area contributed by atoms with Crippen LogP contribution in [0.5, 0.6) is 0 Å². The van der Waals surface area contributed by atoms with Crippen molar-refractivity contribution in [2.45, 2.75) is 5.03 Å². The maximum atomic E-state index is 12.0. The van der Waals surface area contributed by atoms with Crippen molar-refractivity contribution in [1.29, 1.82) is 0 Å². The highest BCUT2D eigenvalue weighted by molar-refractivity contribution is 7.89. The van der Waals surface area contributed by atoms with Gasteiger partial charge in [-0.25, -0.2) is 13.4 Å². The van der Waals surface area contributed by atoms with E-state index in [0.29, 0.717) is 4.31 Å². The Hall–Kier alpha value is -1.85. The largest absolute Gasteiger partial charge is 0.480 e.